The summed E-state index contributed by atoms with van der Waals surface area (Å²) in [5.74, 6) is 0.413. The number of aromatic nitrogens is 5. The number of carbonyl (C=O) groups is 1. The SMILES string of the molecule is Cc1cc(C(=O)CSc2ncnc3c2cnn3-c2ccccc2)c(C)n1C[C@@H]1CCCO1. The van der Waals surface area contributed by atoms with E-state index < -0.39 is 0 Å². The lowest BCUT2D eigenvalue weighted by atomic mass is 10.2. The van der Waals surface area contributed by atoms with Gasteiger partial charge >= 0.3 is 0 Å². The van der Waals surface area contributed by atoms with E-state index in [1.54, 1.807) is 10.9 Å². The quantitative estimate of drug-likeness (QED) is 0.238. The molecule has 0 amide bonds. The number of rotatable bonds is 7. The third-order valence-corrected chi connectivity index (χ3v) is 6.96. The van der Waals surface area contributed by atoms with Crippen molar-refractivity contribution in [3.05, 3.63) is 65.9 Å². The van der Waals surface area contributed by atoms with Crippen molar-refractivity contribution in [1.29, 1.82) is 0 Å². The number of thioether (sulfide) groups is 1. The molecule has 1 aromatic carbocycles. The minimum absolute atomic E-state index is 0.101. The van der Waals surface area contributed by atoms with Crippen LogP contribution in [0.5, 0.6) is 0 Å². The molecule has 0 radical (unpaired) electrons. The highest BCUT2D eigenvalue weighted by Crippen LogP contribution is 2.27. The Kier molecular flexibility index (Phi) is 5.80. The Morgan fingerprint density at radius 3 is 2.84 bits per heavy atom. The van der Waals surface area contributed by atoms with Crippen LogP contribution in [0.25, 0.3) is 16.7 Å². The monoisotopic (exact) mass is 447 g/mol. The predicted molar refractivity (Wildman–Crippen MR) is 125 cm³/mol. The number of hydrogen-bond acceptors (Lipinski definition) is 6. The van der Waals surface area contributed by atoms with E-state index in [1.165, 1.54) is 18.1 Å². The minimum atomic E-state index is 0.101. The third kappa shape index (κ3) is 3.96. The summed E-state index contributed by atoms with van der Waals surface area (Å²) in [7, 11) is 0. The molecule has 32 heavy (non-hydrogen) atoms. The van der Waals surface area contributed by atoms with E-state index in [-0.39, 0.29) is 11.9 Å². The highest BCUT2D eigenvalue weighted by Gasteiger charge is 2.21. The van der Waals surface area contributed by atoms with Crippen LogP contribution in [-0.4, -0.2) is 48.6 Å². The van der Waals surface area contributed by atoms with Crippen LogP contribution in [0.3, 0.4) is 0 Å². The number of ketones is 1. The molecule has 0 N–H and O–H groups in total. The molecule has 4 heterocycles. The van der Waals surface area contributed by atoms with Gasteiger partial charge in [0, 0.05) is 30.1 Å². The molecule has 8 heteroatoms. The summed E-state index contributed by atoms with van der Waals surface area (Å²) in [6, 6.07) is 11.9. The Labute approximate surface area is 190 Å². The topological polar surface area (TPSA) is 74.8 Å². The number of benzene rings is 1. The van der Waals surface area contributed by atoms with E-state index in [0.29, 0.717) is 5.75 Å². The Bertz CT molecular complexity index is 1260. The Morgan fingerprint density at radius 1 is 1.22 bits per heavy atom. The second kappa shape index (κ2) is 8.88. The predicted octanol–water partition coefficient (Wildman–Crippen LogP) is 4.39. The van der Waals surface area contributed by atoms with E-state index in [1.807, 2.05) is 43.3 Å². The summed E-state index contributed by atoms with van der Waals surface area (Å²) >= 11 is 1.43. The summed E-state index contributed by atoms with van der Waals surface area (Å²) in [6.07, 6.45) is 5.73. The first-order valence-corrected chi connectivity index (χ1v) is 11.8. The maximum Gasteiger partial charge on any atom is 0.174 e. The van der Waals surface area contributed by atoms with E-state index in [9.17, 15) is 4.79 Å². The van der Waals surface area contributed by atoms with Crippen molar-refractivity contribution in [2.24, 2.45) is 0 Å². The van der Waals surface area contributed by atoms with Crippen LogP contribution in [0, 0.1) is 13.8 Å². The van der Waals surface area contributed by atoms with E-state index in [2.05, 4.69) is 26.6 Å². The van der Waals surface area contributed by atoms with Gasteiger partial charge < -0.3 is 9.30 Å². The fraction of sp³-hybridized carbons (Fsp3) is 0.333. The minimum Gasteiger partial charge on any atom is -0.376 e. The second-order valence-corrected chi connectivity index (χ2v) is 9.01. The third-order valence-electron chi connectivity index (χ3n) is 5.95. The smallest absolute Gasteiger partial charge is 0.174 e. The van der Waals surface area contributed by atoms with Gasteiger partial charge in [0.05, 0.1) is 29.1 Å². The molecular formula is C24H25N5O2S. The van der Waals surface area contributed by atoms with Crippen molar-refractivity contribution < 1.29 is 9.53 Å². The maximum atomic E-state index is 13.1. The molecule has 0 bridgehead atoms. The van der Waals surface area contributed by atoms with Crippen molar-refractivity contribution in [1.82, 2.24) is 24.3 Å². The average Bonchev–Trinajstić information content (AvgIpc) is 3.54. The van der Waals surface area contributed by atoms with Crippen molar-refractivity contribution in [2.75, 3.05) is 12.4 Å². The van der Waals surface area contributed by atoms with Crippen LogP contribution in [0.4, 0.5) is 0 Å². The number of carbonyl (C=O) groups excluding carboxylic acids is 1. The summed E-state index contributed by atoms with van der Waals surface area (Å²) in [5, 5.41) is 6.10. The first-order chi connectivity index (χ1) is 15.6. The molecule has 1 atom stereocenters. The first-order valence-electron chi connectivity index (χ1n) is 10.8. The molecule has 1 saturated heterocycles. The number of fused-ring (bicyclic) bond motifs is 1. The molecule has 0 saturated carbocycles. The zero-order valence-electron chi connectivity index (χ0n) is 18.2. The fourth-order valence-corrected chi connectivity index (χ4v) is 5.11. The van der Waals surface area contributed by atoms with Crippen molar-refractivity contribution in [3.63, 3.8) is 0 Å². The Hall–Kier alpha value is -2.97. The van der Waals surface area contributed by atoms with Crippen LogP contribution in [0.15, 0.2) is 53.9 Å². The standard InChI is InChI=1S/C24H25N5O2S/c1-16-11-20(17(2)28(16)13-19-9-6-10-31-19)22(30)14-32-24-21-12-27-29(23(21)25-15-26-24)18-7-4-3-5-8-18/h3-5,7-8,11-12,15,19H,6,9-10,13-14H2,1-2H3/t19-/m0/s1. The molecule has 1 aliphatic rings. The van der Waals surface area contributed by atoms with Crippen LogP contribution in [-0.2, 0) is 11.3 Å². The van der Waals surface area contributed by atoms with Crippen LogP contribution < -0.4 is 0 Å². The molecule has 4 aromatic rings. The van der Waals surface area contributed by atoms with Gasteiger partial charge in [-0.3, -0.25) is 4.79 Å². The number of nitrogens with zero attached hydrogens (tertiary/aromatic N) is 5. The molecule has 5 rings (SSSR count). The number of aryl methyl sites for hydroxylation is 1. The van der Waals surface area contributed by atoms with Gasteiger partial charge in [0.15, 0.2) is 11.4 Å². The van der Waals surface area contributed by atoms with Gasteiger partial charge in [0.25, 0.3) is 0 Å². The number of Topliss-reactive ketones (excluding diaryl/α,β-unsaturated/α-hetero) is 1. The number of hydrogen-bond donors (Lipinski definition) is 0. The molecular weight excluding hydrogens is 422 g/mol. The highest BCUT2D eigenvalue weighted by molar-refractivity contribution is 8.00. The molecule has 0 unspecified atom stereocenters. The summed E-state index contributed by atoms with van der Waals surface area (Å²) in [6.45, 7) is 5.72. The highest BCUT2D eigenvalue weighted by atomic mass is 32.2. The summed E-state index contributed by atoms with van der Waals surface area (Å²) in [4.78, 5) is 21.9. The summed E-state index contributed by atoms with van der Waals surface area (Å²) < 4.78 is 9.79. The molecule has 3 aromatic heterocycles. The normalized spacial score (nSPS) is 16.1. The molecule has 0 aliphatic carbocycles. The molecule has 164 valence electrons. The summed E-state index contributed by atoms with van der Waals surface area (Å²) in [5.41, 5.74) is 4.55. The lowest BCUT2D eigenvalue weighted by Crippen LogP contribution is -2.17. The van der Waals surface area contributed by atoms with E-state index in [4.69, 9.17) is 4.74 Å². The lowest BCUT2D eigenvalue weighted by Gasteiger charge is -2.14. The maximum absolute atomic E-state index is 13.1. The zero-order chi connectivity index (χ0) is 22.1. The van der Waals surface area contributed by atoms with Gasteiger partial charge in [-0.1, -0.05) is 30.0 Å². The van der Waals surface area contributed by atoms with Crippen molar-refractivity contribution in [2.45, 2.75) is 44.4 Å². The van der Waals surface area contributed by atoms with Gasteiger partial charge in [-0.25, -0.2) is 14.6 Å². The number of para-hydroxylation sites is 1. The van der Waals surface area contributed by atoms with Gasteiger partial charge in [-0.2, -0.15) is 5.10 Å². The van der Waals surface area contributed by atoms with Gasteiger partial charge in [-0.15, -0.1) is 0 Å². The van der Waals surface area contributed by atoms with Gasteiger partial charge in [0.2, 0.25) is 0 Å². The van der Waals surface area contributed by atoms with Crippen LogP contribution in [0.1, 0.15) is 34.6 Å². The fourth-order valence-electron chi connectivity index (χ4n) is 4.26. The molecule has 1 aliphatic heterocycles. The molecule has 1 fully saturated rings. The molecule has 0 spiro atoms. The Morgan fingerprint density at radius 2 is 2.06 bits per heavy atom. The zero-order valence-corrected chi connectivity index (χ0v) is 19.0. The van der Waals surface area contributed by atoms with Crippen molar-refractivity contribution in [3.8, 4) is 5.69 Å². The average molecular weight is 448 g/mol. The van der Waals surface area contributed by atoms with E-state index >= 15 is 0 Å². The van der Waals surface area contributed by atoms with Gasteiger partial charge in [0.1, 0.15) is 11.4 Å². The molecule has 7 nitrogen and oxygen atoms in total. The van der Waals surface area contributed by atoms with E-state index in [0.717, 1.165) is 64.7 Å². The largest absolute Gasteiger partial charge is 0.376 e. The van der Waals surface area contributed by atoms with Gasteiger partial charge in [-0.05, 0) is 44.9 Å². The first kappa shape index (κ1) is 20.9. The van der Waals surface area contributed by atoms with Crippen LogP contribution >= 0.6 is 11.8 Å². The lowest BCUT2D eigenvalue weighted by molar-refractivity contribution is 0.0957. The number of ether oxygens (including phenoxy) is 1. The van der Waals surface area contributed by atoms with Crippen LogP contribution in [0.2, 0.25) is 0 Å². The Balaban J connectivity index is 1.34. The van der Waals surface area contributed by atoms with Crippen molar-refractivity contribution >= 4 is 28.6 Å². The second-order valence-electron chi connectivity index (χ2n) is 8.05.